The quantitative estimate of drug-likeness (QED) is 0.440. The number of ether oxygens (including phenoxy) is 2. The van der Waals surface area contributed by atoms with Crippen molar-refractivity contribution in [3.05, 3.63) is 42.5 Å². The Kier molecular flexibility index (Phi) is 9.48. The largest absolute Gasteiger partial charge is 0.497 e. The molecule has 1 fully saturated rings. The van der Waals surface area contributed by atoms with E-state index in [-0.39, 0.29) is 16.7 Å². The summed E-state index contributed by atoms with van der Waals surface area (Å²) in [4.78, 5) is 17.3. The van der Waals surface area contributed by atoms with Gasteiger partial charge in [-0.25, -0.2) is 8.42 Å². The van der Waals surface area contributed by atoms with E-state index >= 15 is 0 Å². The summed E-state index contributed by atoms with van der Waals surface area (Å²) in [5, 5.41) is 0. The average molecular weight is 518 g/mol. The minimum absolute atomic E-state index is 0.0769. The van der Waals surface area contributed by atoms with Gasteiger partial charge in [0.2, 0.25) is 5.91 Å². The first-order valence-corrected chi connectivity index (χ1v) is 14.1. The molecule has 0 unspecified atom stereocenters. The van der Waals surface area contributed by atoms with E-state index in [0.29, 0.717) is 49.1 Å². The fraction of sp³-hybridized carbons (Fsp3) is 0.519. The van der Waals surface area contributed by atoms with Gasteiger partial charge in [-0.15, -0.1) is 0 Å². The molecule has 0 saturated carbocycles. The molecule has 0 spiro atoms. The molecular weight excluding hydrogens is 478 g/mol. The molecule has 2 aromatic rings. The van der Waals surface area contributed by atoms with Gasteiger partial charge in [0, 0.05) is 39.1 Å². The minimum Gasteiger partial charge on any atom is -0.497 e. The Morgan fingerprint density at radius 3 is 2.22 bits per heavy atom. The number of rotatable bonds is 11. The van der Waals surface area contributed by atoms with Gasteiger partial charge in [-0.1, -0.05) is 26.7 Å². The lowest BCUT2D eigenvalue weighted by Crippen LogP contribution is -2.50. The number of unbranched alkanes of at least 4 members (excludes halogenated alkanes) is 1. The van der Waals surface area contributed by atoms with Gasteiger partial charge < -0.3 is 19.3 Å². The van der Waals surface area contributed by atoms with Gasteiger partial charge in [-0.05, 0) is 55.3 Å². The van der Waals surface area contributed by atoms with Gasteiger partial charge in [0.05, 0.1) is 30.5 Å². The van der Waals surface area contributed by atoms with Crippen molar-refractivity contribution in [1.29, 1.82) is 0 Å². The second kappa shape index (κ2) is 12.3. The first kappa shape index (κ1) is 27.6. The summed E-state index contributed by atoms with van der Waals surface area (Å²) >= 11 is 0. The second-order valence-electron chi connectivity index (χ2n) is 9.06. The summed E-state index contributed by atoms with van der Waals surface area (Å²) < 4.78 is 38.9. The Bertz CT molecular complexity index is 1110. The lowest BCUT2D eigenvalue weighted by molar-refractivity contribution is -0.136. The van der Waals surface area contributed by atoms with Crippen LogP contribution in [0.5, 0.6) is 11.5 Å². The number of nitrogens with zero attached hydrogens (tertiary/aromatic N) is 3. The molecule has 36 heavy (non-hydrogen) atoms. The SMILES string of the molecule is CCCC[C@@H](CC)C(=O)N1CCN(c2cc(S(=O)(=O)N(C)c3ccc(OC)cc3)ccc2OC)CC1. The van der Waals surface area contributed by atoms with E-state index in [1.807, 2.05) is 4.90 Å². The van der Waals surface area contributed by atoms with Crippen LogP contribution in [0.4, 0.5) is 11.4 Å². The maximum Gasteiger partial charge on any atom is 0.264 e. The fourth-order valence-electron chi connectivity index (χ4n) is 4.55. The monoisotopic (exact) mass is 517 g/mol. The van der Waals surface area contributed by atoms with Gasteiger partial charge in [-0.3, -0.25) is 9.10 Å². The number of hydrogen-bond acceptors (Lipinski definition) is 6. The van der Waals surface area contributed by atoms with Gasteiger partial charge >= 0.3 is 0 Å². The zero-order chi connectivity index (χ0) is 26.3. The van der Waals surface area contributed by atoms with Crippen LogP contribution < -0.4 is 18.7 Å². The van der Waals surface area contributed by atoms with Crippen LogP contribution in [0.2, 0.25) is 0 Å². The molecular formula is C27H39N3O5S. The summed E-state index contributed by atoms with van der Waals surface area (Å²) in [6.07, 6.45) is 3.94. The van der Waals surface area contributed by atoms with E-state index in [1.54, 1.807) is 56.7 Å². The van der Waals surface area contributed by atoms with E-state index in [2.05, 4.69) is 18.7 Å². The number of benzene rings is 2. The zero-order valence-corrected chi connectivity index (χ0v) is 22.9. The van der Waals surface area contributed by atoms with Crippen molar-refractivity contribution >= 4 is 27.3 Å². The lowest BCUT2D eigenvalue weighted by Gasteiger charge is -2.38. The number of carbonyl (C=O) groups is 1. The predicted molar refractivity (Wildman–Crippen MR) is 144 cm³/mol. The van der Waals surface area contributed by atoms with Crippen molar-refractivity contribution in [1.82, 2.24) is 4.90 Å². The Morgan fingerprint density at radius 1 is 1.00 bits per heavy atom. The third-order valence-electron chi connectivity index (χ3n) is 6.92. The molecule has 9 heteroatoms. The second-order valence-corrected chi connectivity index (χ2v) is 11.0. The molecule has 0 radical (unpaired) electrons. The maximum atomic E-state index is 13.4. The molecule has 1 amide bonds. The van der Waals surface area contributed by atoms with Crippen LogP contribution in [0.3, 0.4) is 0 Å². The van der Waals surface area contributed by atoms with Crippen LogP contribution >= 0.6 is 0 Å². The van der Waals surface area contributed by atoms with Crippen LogP contribution in [0.1, 0.15) is 39.5 Å². The Morgan fingerprint density at radius 2 is 1.67 bits per heavy atom. The van der Waals surface area contributed by atoms with E-state index < -0.39 is 10.0 Å². The van der Waals surface area contributed by atoms with E-state index in [4.69, 9.17) is 9.47 Å². The highest BCUT2D eigenvalue weighted by Gasteiger charge is 2.29. The minimum atomic E-state index is -3.80. The summed E-state index contributed by atoms with van der Waals surface area (Å²) in [5.74, 6) is 1.57. The van der Waals surface area contributed by atoms with E-state index in [9.17, 15) is 13.2 Å². The molecule has 1 aliphatic heterocycles. The normalized spacial score (nSPS) is 14.9. The highest BCUT2D eigenvalue weighted by molar-refractivity contribution is 7.92. The van der Waals surface area contributed by atoms with Crippen molar-refractivity contribution in [2.45, 2.75) is 44.4 Å². The summed E-state index contributed by atoms with van der Waals surface area (Å²) in [6.45, 7) is 6.66. The van der Waals surface area contributed by atoms with Crippen LogP contribution in [0.15, 0.2) is 47.4 Å². The summed E-state index contributed by atoms with van der Waals surface area (Å²) in [6, 6.07) is 11.8. The van der Waals surface area contributed by atoms with Gasteiger partial charge in [0.15, 0.2) is 0 Å². The fourth-order valence-corrected chi connectivity index (χ4v) is 5.76. The van der Waals surface area contributed by atoms with Crippen LogP contribution in [0, 0.1) is 5.92 Å². The summed E-state index contributed by atoms with van der Waals surface area (Å²) in [5.41, 5.74) is 1.25. The van der Waals surface area contributed by atoms with Gasteiger partial charge in [-0.2, -0.15) is 0 Å². The number of piperazine rings is 1. The van der Waals surface area contributed by atoms with E-state index in [0.717, 1.165) is 25.7 Å². The number of anilines is 2. The average Bonchev–Trinajstić information content (AvgIpc) is 2.92. The number of hydrogen-bond donors (Lipinski definition) is 0. The van der Waals surface area contributed by atoms with Crippen molar-refractivity contribution in [2.24, 2.45) is 5.92 Å². The first-order chi connectivity index (χ1) is 17.3. The molecule has 2 aromatic carbocycles. The molecule has 0 bridgehead atoms. The highest BCUT2D eigenvalue weighted by Crippen LogP contribution is 2.34. The van der Waals surface area contributed by atoms with E-state index in [1.165, 1.54) is 11.4 Å². The third kappa shape index (κ3) is 6.06. The number of methoxy groups -OCH3 is 2. The molecule has 1 heterocycles. The predicted octanol–water partition coefficient (Wildman–Crippen LogP) is 4.39. The number of amides is 1. The Balaban J connectivity index is 1.78. The molecule has 3 rings (SSSR count). The Hall–Kier alpha value is -2.94. The molecule has 1 saturated heterocycles. The standard InChI is InChI=1S/C27H39N3O5S/c1-6-8-9-21(7-2)27(31)30-18-16-29(17-19-30)25-20-24(14-15-26(25)35-5)36(32,33)28(3)22-10-12-23(34-4)13-11-22/h10-15,20-21H,6-9,16-19H2,1-5H3/t21-/m1/s1. The first-order valence-electron chi connectivity index (χ1n) is 12.6. The van der Waals surface area contributed by atoms with Crippen molar-refractivity contribution < 1.29 is 22.7 Å². The Labute approximate surface area is 215 Å². The molecule has 8 nitrogen and oxygen atoms in total. The molecule has 198 valence electrons. The van der Waals surface area contributed by atoms with Crippen LogP contribution in [-0.2, 0) is 14.8 Å². The molecule has 0 N–H and O–H groups in total. The molecule has 0 aliphatic carbocycles. The number of carbonyl (C=O) groups excluding carboxylic acids is 1. The topological polar surface area (TPSA) is 79.4 Å². The summed E-state index contributed by atoms with van der Waals surface area (Å²) in [7, 11) is 0.883. The van der Waals surface area contributed by atoms with Gasteiger partial charge in [0.25, 0.3) is 10.0 Å². The highest BCUT2D eigenvalue weighted by atomic mass is 32.2. The molecule has 1 atom stereocenters. The third-order valence-corrected chi connectivity index (χ3v) is 8.71. The maximum absolute atomic E-state index is 13.4. The van der Waals surface area contributed by atoms with Crippen LogP contribution in [-0.4, -0.2) is 66.7 Å². The van der Waals surface area contributed by atoms with Crippen molar-refractivity contribution in [3.8, 4) is 11.5 Å². The van der Waals surface area contributed by atoms with Crippen molar-refractivity contribution in [3.63, 3.8) is 0 Å². The lowest BCUT2D eigenvalue weighted by atomic mass is 9.97. The smallest absolute Gasteiger partial charge is 0.264 e. The molecule has 0 aromatic heterocycles. The zero-order valence-electron chi connectivity index (χ0n) is 22.1. The number of sulfonamides is 1. The molecule has 1 aliphatic rings. The van der Waals surface area contributed by atoms with Gasteiger partial charge in [0.1, 0.15) is 11.5 Å². The van der Waals surface area contributed by atoms with Crippen molar-refractivity contribution in [2.75, 3.05) is 56.7 Å². The van der Waals surface area contributed by atoms with Crippen LogP contribution in [0.25, 0.3) is 0 Å².